The van der Waals surface area contributed by atoms with Crippen LogP contribution in [-0.4, -0.2) is 31.1 Å². The molecule has 0 spiro atoms. The van der Waals surface area contributed by atoms with Gasteiger partial charge in [0, 0.05) is 18.3 Å². The second-order valence-electron chi connectivity index (χ2n) is 6.27. The molecule has 0 bridgehead atoms. The highest BCUT2D eigenvalue weighted by molar-refractivity contribution is 5.89. The fourth-order valence-corrected chi connectivity index (χ4v) is 2.42. The first-order valence-electron chi connectivity index (χ1n) is 8.80. The third-order valence-corrected chi connectivity index (χ3v) is 3.97. The molecule has 0 atom stereocenters. The number of nitrogens with one attached hydrogen (secondary N) is 3. The topological polar surface area (TPSA) is 79.5 Å². The normalized spacial score (nSPS) is 12.9. The molecule has 136 valence electrons. The fraction of sp³-hybridized carbons (Fsp3) is 0.300. The maximum Gasteiger partial charge on any atom is 0.319 e. The summed E-state index contributed by atoms with van der Waals surface area (Å²) in [6, 6.07) is 17.0. The van der Waals surface area contributed by atoms with E-state index in [1.807, 2.05) is 54.6 Å². The molecule has 6 nitrogen and oxygen atoms in total. The van der Waals surface area contributed by atoms with Gasteiger partial charge in [0.1, 0.15) is 5.75 Å². The van der Waals surface area contributed by atoms with Gasteiger partial charge in [-0.25, -0.2) is 4.79 Å². The Labute approximate surface area is 152 Å². The average Bonchev–Trinajstić information content (AvgIpc) is 3.46. The summed E-state index contributed by atoms with van der Waals surface area (Å²) in [5, 5.41) is 8.48. The molecule has 1 saturated carbocycles. The number of ether oxygens (including phenoxy) is 1. The van der Waals surface area contributed by atoms with E-state index in [0.717, 1.165) is 24.1 Å². The molecule has 1 fully saturated rings. The molecule has 26 heavy (non-hydrogen) atoms. The van der Waals surface area contributed by atoms with Crippen molar-refractivity contribution in [2.24, 2.45) is 0 Å². The lowest BCUT2D eigenvalue weighted by atomic mass is 10.1. The van der Waals surface area contributed by atoms with Crippen LogP contribution >= 0.6 is 0 Å². The van der Waals surface area contributed by atoms with Crippen LogP contribution in [0.25, 0.3) is 0 Å². The zero-order valence-electron chi connectivity index (χ0n) is 14.5. The van der Waals surface area contributed by atoms with Gasteiger partial charge in [0.05, 0.1) is 0 Å². The number of benzene rings is 2. The Morgan fingerprint density at radius 3 is 2.42 bits per heavy atom. The highest BCUT2D eigenvalue weighted by Gasteiger charge is 2.23. The monoisotopic (exact) mass is 353 g/mol. The van der Waals surface area contributed by atoms with Crippen molar-refractivity contribution < 1.29 is 14.3 Å². The average molecular weight is 353 g/mol. The van der Waals surface area contributed by atoms with Gasteiger partial charge in [-0.1, -0.05) is 30.3 Å². The largest absolute Gasteiger partial charge is 0.484 e. The number of anilines is 1. The highest BCUT2D eigenvalue weighted by atomic mass is 16.5. The second kappa shape index (κ2) is 8.89. The quantitative estimate of drug-likeness (QED) is 0.683. The summed E-state index contributed by atoms with van der Waals surface area (Å²) >= 11 is 0. The summed E-state index contributed by atoms with van der Waals surface area (Å²) in [6.07, 6.45) is 2.85. The van der Waals surface area contributed by atoms with Gasteiger partial charge in [-0.2, -0.15) is 0 Å². The van der Waals surface area contributed by atoms with E-state index in [-0.39, 0.29) is 18.5 Å². The van der Waals surface area contributed by atoms with Crippen molar-refractivity contribution in [3.8, 4) is 5.75 Å². The van der Waals surface area contributed by atoms with E-state index < -0.39 is 0 Å². The lowest BCUT2D eigenvalue weighted by Crippen LogP contribution is -2.30. The molecule has 1 aliphatic carbocycles. The molecule has 2 aromatic rings. The van der Waals surface area contributed by atoms with Crippen molar-refractivity contribution in [3.05, 3.63) is 60.2 Å². The highest BCUT2D eigenvalue weighted by Crippen LogP contribution is 2.18. The van der Waals surface area contributed by atoms with Crippen LogP contribution in [0.5, 0.6) is 5.75 Å². The van der Waals surface area contributed by atoms with E-state index in [4.69, 9.17) is 4.74 Å². The number of carbonyl (C=O) groups is 2. The Morgan fingerprint density at radius 2 is 1.73 bits per heavy atom. The molecule has 0 saturated heterocycles. The maximum absolute atomic E-state index is 11.8. The van der Waals surface area contributed by atoms with E-state index in [0.29, 0.717) is 24.8 Å². The predicted molar refractivity (Wildman–Crippen MR) is 100 cm³/mol. The van der Waals surface area contributed by atoms with Crippen LogP contribution in [0, 0.1) is 0 Å². The predicted octanol–water partition coefficient (Wildman–Crippen LogP) is 2.71. The van der Waals surface area contributed by atoms with Crippen molar-refractivity contribution >= 4 is 17.6 Å². The van der Waals surface area contributed by atoms with Gasteiger partial charge in [-0.05, 0) is 49.1 Å². The molecular weight excluding hydrogens is 330 g/mol. The Kier molecular flexibility index (Phi) is 6.09. The molecule has 0 heterocycles. The van der Waals surface area contributed by atoms with Crippen LogP contribution < -0.4 is 20.7 Å². The smallest absolute Gasteiger partial charge is 0.319 e. The van der Waals surface area contributed by atoms with Gasteiger partial charge in [-0.3, -0.25) is 4.79 Å². The first-order chi connectivity index (χ1) is 12.7. The summed E-state index contributed by atoms with van der Waals surface area (Å²) in [7, 11) is 0. The van der Waals surface area contributed by atoms with Crippen LogP contribution in [0.1, 0.15) is 18.4 Å². The standard InChI is InChI=1S/C20H23N3O3/c24-19(22-17-8-9-17)14-26-18-10-6-15(7-11-18)12-13-21-20(25)23-16-4-2-1-3-5-16/h1-7,10-11,17H,8-9,12-14H2,(H,22,24)(H2,21,23,25). The van der Waals surface area contributed by atoms with Crippen LogP contribution in [0.4, 0.5) is 10.5 Å². The van der Waals surface area contributed by atoms with Crippen molar-refractivity contribution in [2.75, 3.05) is 18.5 Å². The first-order valence-corrected chi connectivity index (χ1v) is 8.80. The van der Waals surface area contributed by atoms with Crippen LogP contribution in [-0.2, 0) is 11.2 Å². The summed E-state index contributed by atoms with van der Waals surface area (Å²) < 4.78 is 5.47. The van der Waals surface area contributed by atoms with E-state index in [1.54, 1.807) is 0 Å². The van der Waals surface area contributed by atoms with Gasteiger partial charge in [0.15, 0.2) is 6.61 Å². The van der Waals surface area contributed by atoms with E-state index >= 15 is 0 Å². The van der Waals surface area contributed by atoms with Crippen LogP contribution in [0.2, 0.25) is 0 Å². The Bertz CT molecular complexity index is 728. The third kappa shape index (κ3) is 6.12. The fourth-order valence-electron chi connectivity index (χ4n) is 2.42. The molecule has 3 N–H and O–H groups in total. The van der Waals surface area contributed by atoms with E-state index in [2.05, 4.69) is 16.0 Å². The molecule has 3 rings (SSSR count). The van der Waals surface area contributed by atoms with Crippen molar-refractivity contribution in [2.45, 2.75) is 25.3 Å². The van der Waals surface area contributed by atoms with E-state index in [9.17, 15) is 9.59 Å². The van der Waals surface area contributed by atoms with E-state index in [1.165, 1.54) is 0 Å². The summed E-state index contributed by atoms with van der Waals surface area (Å²) in [6.45, 7) is 0.569. The lowest BCUT2D eigenvalue weighted by molar-refractivity contribution is -0.123. The van der Waals surface area contributed by atoms with Crippen molar-refractivity contribution in [3.63, 3.8) is 0 Å². The third-order valence-electron chi connectivity index (χ3n) is 3.97. The summed E-state index contributed by atoms with van der Waals surface area (Å²) in [5.74, 6) is 0.583. The first kappa shape index (κ1) is 17.8. The summed E-state index contributed by atoms with van der Waals surface area (Å²) in [4.78, 5) is 23.4. The second-order valence-corrected chi connectivity index (χ2v) is 6.27. The SMILES string of the molecule is O=C(COc1ccc(CCNC(=O)Nc2ccccc2)cc1)NC1CC1. The Hall–Kier alpha value is -3.02. The minimum Gasteiger partial charge on any atom is -0.484 e. The molecule has 6 heteroatoms. The molecule has 1 aliphatic rings. The number of carbonyl (C=O) groups excluding carboxylic acids is 2. The Balaban J connectivity index is 1.34. The molecule has 0 aromatic heterocycles. The number of hydrogen-bond acceptors (Lipinski definition) is 3. The Morgan fingerprint density at radius 1 is 1.00 bits per heavy atom. The van der Waals surface area contributed by atoms with Crippen LogP contribution in [0.15, 0.2) is 54.6 Å². The summed E-state index contributed by atoms with van der Waals surface area (Å²) in [5.41, 5.74) is 1.84. The molecule has 0 radical (unpaired) electrons. The van der Waals surface area contributed by atoms with Gasteiger partial charge < -0.3 is 20.7 Å². The molecule has 2 aromatic carbocycles. The van der Waals surface area contributed by atoms with Gasteiger partial charge in [0.25, 0.3) is 5.91 Å². The van der Waals surface area contributed by atoms with Gasteiger partial charge in [0.2, 0.25) is 0 Å². The number of urea groups is 1. The minimum atomic E-state index is -0.224. The van der Waals surface area contributed by atoms with Crippen molar-refractivity contribution in [1.82, 2.24) is 10.6 Å². The van der Waals surface area contributed by atoms with Crippen LogP contribution in [0.3, 0.4) is 0 Å². The van der Waals surface area contributed by atoms with Crippen molar-refractivity contribution in [1.29, 1.82) is 0 Å². The molecule has 0 aliphatic heterocycles. The maximum atomic E-state index is 11.8. The number of para-hydroxylation sites is 1. The zero-order valence-corrected chi connectivity index (χ0v) is 14.5. The molecule has 0 unspecified atom stereocenters. The van der Waals surface area contributed by atoms with Gasteiger partial charge in [-0.15, -0.1) is 0 Å². The zero-order chi connectivity index (χ0) is 18.2. The number of hydrogen-bond donors (Lipinski definition) is 3. The molecular formula is C20H23N3O3. The lowest BCUT2D eigenvalue weighted by Gasteiger charge is -2.09. The van der Waals surface area contributed by atoms with Gasteiger partial charge >= 0.3 is 6.03 Å². The number of amides is 3. The minimum absolute atomic E-state index is 0.0387. The number of rotatable bonds is 8. The molecule has 3 amide bonds.